The average Bonchev–Trinajstić information content (AvgIpc) is 3.10. The Morgan fingerprint density at radius 3 is 2.31 bits per heavy atom. The standard InChI is InChI=1S/C23H26F3N3O3/c1-11-8-12(2)17(13(3)9-11)18-16(30)10-15(21(18)31)6-7-27-22(32)20-19(23(24,25)26)14(4)28-29(20)5/h8-9,15,18H,6-7,10H2,1-5H3,(H,27,32). The van der Waals surface area contributed by atoms with Crippen LogP contribution in [0.4, 0.5) is 13.2 Å². The molecule has 3 rings (SSSR count). The van der Waals surface area contributed by atoms with Crippen molar-refractivity contribution in [3.63, 3.8) is 0 Å². The summed E-state index contributed by atoms with van der Waals surface area (Å²) in [5.74, 6) is -2.69. The van der Waals surface area contributed by atoms with Gasteiger partial charge in [-0.1, -0.05) is 17.7 Å². The molecule has 1 aliphatic carbocycles. The van der Waals surface area contributed by atoms with Crippen LogP contribution in [0, 0.1) is 33.6 Å². The van der Waals surface area contributed by atoms with Crippen molar-refractivity contribution in [3.8, 4) is 0 Å². The van der Waals surface area contributed by atoms with E-state index < -0.39 is 35.2 Å². The van der Waals surface area contributed by atoms with Gasteiger partial charge in [-0.2, -0.15) is 18.3 Å². The Balaban J connectivity index is 1.70. The SMILES string of the molecule is Cc1cc(C)c(C2C(=O)CC(CCNC(=O)c3c(C(F)(F)F)c(C)nn3C)C2=O)c(C)c1. The third-order valence-corrected chi connectivity index (χ3v) is 5.98. The predicted octanol–water partition coefficient (Wildman–Crippen LogP) is 3.73. The van der Waals surface area contributed by atoms with Crippen molar-refractivity contribution in [2.45, 2.75) is 52.6 Å². The van der Waals surface area contributed by atoms with Gasteiger partial charge in [-0.25, -0.2) is 0 Å². The lowest BCUT2D eigenvalue weighted by atomic mass is 9.86. The number of hydrogen-bond acceptors (Lipinski definition) is 4. The second kappa shape index (κ2) is 8.52. The molecule has 172 valence electrons. The minimum absolute atomic E-state index is 0.0252. The number of Topliss-reactive ketones (excluding diaryl/α,β-unsaturated/α-hetero) is 2. The van der Waals surface area contributed by atoms with Gasteiger partial charge in [0.2, 0.25) is 0 Å². The smallest absolute Gasteiger partial charge is 0.351 e. The first-order valence-corrected chi connectivity index (χ1v) is 10.4. The van der Waals surface area contributed by atoms with E-state index in [1.165, 1.54) is 14.0 Å². The van der Waals surface area contributed by atoms with Crippen molar-refractivity contribution in [1.29, 1.82) is 0 Å². The number of alkyl halides is 3. The first-order chi connectivity index (χ1) is 14.8. The maximum atomic E-state index is 13.3. The first kappa shape index (κ1) is 23.7. The Morgan fingerprint density at radius 1 is 1.16 bits per heavy atom. The highest BCUT2D eigenvalue weighted by Crippen LogP contribution is 2.37. The third-order valence-electron chi connectivity index (χ3n) is 5.98. The second-order valence-corrected chi connectivity index (χ2v) is 8.49. The topological polar surface area (TPSA) is 81.1 Å². The van der Waals surface area contributed by atoms with Crippen LogP contribution in [0.15, 0.2) is 12.1 Å². The predicted molar refractivity (Wildman–Crippen MR) is 111 cm³/mol. The van der Waals surface area contributed by atoms with Crippen LogP contribution in [-0.4, -0.2) is 33.8 Å². The van der Waals surface area contributed by atoms with Crippen LogP contribution in [0.3, 0.4) is 0 Å². The fourth-order valence-corrected chi connectivity index (χ4v) is 4.75. The quantitative estimate of drug-likeness (QED) is 0.706. The number of carbonyl (C=O) groups excluding carboxylic acids is 3. The first-order valence-electron chi connectivity index (χ1n) is 10.4. The minimum atomic E-state index is -4.71. The number of benzene rings is 1. The number of nitrogens with one attached hydrogen (secondary N) is 1. The van der Waals surface area contributed by atoms with E-state index in [0.29, 0.717) is 0 Å². The van der Waals surface area contributed by atoms with E-state index in [-0.39, 0.29) is 36.6 Å². The average molecular weight is 449 g/mol. The number of ketones is 2. The molecule has 1 saturated carbocycles. The molecule has 0 aliphatic heterocycles. The molecule has 1 heterocycles. The number of halogens is 3. The van der Waals surface area contributed by atoms with Crippen LogP contribution >= 0.6 is 0 Å². The van der Waals surface area contributed by atoms with Gasteiger partial charge in [0, 0.05) is 25.9 Å². The maximum Gasteiger partial charge on any atom is 0.420 e. The molecule has 1 aliphatic rings. The lowest BCUT2D eigenvalue weighted by Gasteiger charge is -2.16. The lowest BCUT2D eigenvalue weighted by molar-refractivity contribution is -0.138. The normalized spacial score (nSPS) is 19.0. The summed E-state index contributed by atoms with van der Waals surface area (Å²) in [6, 6.07) is 3.87. The number of amides is 1. The molecule has 1 N–H and O–H groups in total. The van der Waals surface area contributed by atoms with E-state index in [1.807, 2.05) is 32.9 Å². The molecule has 0 saturated heterocycles. The van der Waals surface area contributed by atoms with E-state index in [4.69, 9.17) is 0 Å². The molecule has 1 aromatic carbocycles. The Kier molecular flexibility index (Phi) is 6.31. The molecule has 0 radical (unpaired) electrons. The number of rotatable bonds is 5. The zero-order chi connectivity index (χ0) is 24.0. The summed E-state index contributed by atoms with van der Waals surface area (Å²) in [6.45, 7) is 6.86. The zero-order valence-corrected chi connectivity index (χ0v) is 18.7. The molecule has 6 nitrogen and oxygen atoms in total. The van der Waals surface area contributed by atoms with Gasteiger partial charge in [0.1, 0.15) is 23.0 Å². The van der Waals surface area contributed by atoms with Crippen molar-refractivity contribution in [2.24, 2.45) is 13.0 Å². The Bertz CT molecular complexity index is 1080. The van der Waals surface area contributed by atoms with Crippen molar-refractivity contribution in [2.75, 3.05) is 6.54 Å². The number of aromatic nitrogens is 2. The molecular formula is C23H26F3N3O3. The molecule has 0 spiro atoms. The van der Waals surface area contributed by atoms with Crippen molar-refractivity contribution in [1.82, 2.24) is 15.1 Å². The summed E-state index contributed by atoms with van der Waals surface area (Å²) in [4.78, 5) is 38.1. The summed E-state index contributed by atoms with van der Waals surface area (Å²) < 4.78 is 40.9. The number of carbonyl (C=O) groups is 3. The van der Waals surface area contributed by atoms with E-state index in [2.05, 4.69) is 10.4 Å². The van der Waals surface area contributed by atoms with Crippen LogP contribution in [0.2, 0.25) is 0 Å². The third kappa shape index (κ3) is 4.33. The van der Waals surface area contributed by atoms with Crippen LogP contribution < -0.4 is 5.32 Å². The van der Waals surface area contributed by atoms with E-state index >= 15 is 0 Å². The lowest BCUT2D eigenvalue weighted by Crippen LogP contribution is -2.30. The number of hydrogen-bond donors (Lipinski definition) is 1. The summed E-state index contributed by atoms with van der Waals surface area (Å²) in [7, 11) is 1.27. The van der Waals surface area contributed by atoms with Crippen molar-refractivity contribution in [3.05, 3.63) is 51.3 Å². The van der Waals surface area contributed by atoms with Crippen LogP contribution in [0.25, 0.3) is 0 Å². The zero-order valence-electron chi connectivity index (χ0n) is 18.7. The van der Waals surface area contributed by atoms with Gasteiger partial charge >= 0.3 is 6.18 Å². The maximum absolute atomic E-state index is 13.3. The Morgan fingerprint density at radius 2 is 1.75 bits per heavy atom. The Labute approximate surface area is 184 Å². The molecule has 1 fully saturated rings. The monoisotopic (exact) mass is 449 g/mol. The second-order valence-electron chi connectivity index (χ2n) is 8.49. The number of aryl methyl sites for hydroxylation is 5. The molecule has 32 heavy (non-hydrogen) atoms. The highest BCUT2D eigenvalue weighted by Gasteiger charge is 2.43. The number of nitrogens with zero attached hydrogens (tertiary/aromatic N) is 2. The summed E-state index contributed by atoms with van der Waals surface area (Å²) >= 11 is 0. The largest absolute Gasteiger partial charge is 0.420 e. The van der Waals surface area contributed by atoms with Gasteiger partial charge in [-0.3, -0.25) is 19.1 Å². The molecular weight excluding hydrogens is 423 g/mol. The van der Waals surface area contributed by atoms with Gasteiger partial charge < -0.3 is 5.32 Å². The highest BCUT2D eigenvalue weighted by atomic mass is 19.4. The minimum Gasteiger partial charge on any atom is -0.351 e. The summed E-state index contributed by atoms with van der Waals surface area (Å²) in [5, 5.41) is 6.16. The van der Waals surface area contributed by atoms with Crippen molar-refractivity contribution >= 4 is 17.5 Å². The van der Waals surface area contributed by atoms with Gasteiger partial charge in [0.25, 0.3) is 5.91 Å². The summed E-state index contributed by atoms with van der Waals surface area (Å²) in [5.41, 5.74) is 1.61. The van der Waals surface area contributed by atoms with Gasteiger partial charge in [-0.15, -0.1) is 0 Å². The van der Waals surface area contributed by atoms with Gasteiger partial charge in [0.15, 0.2) is 5.78 Å². The fraction of sp³-hybridized carbons (Fsp3) is 0.478. The highest BCUT2D eigenvalue weighted by molar-refractivity contribution is 6.15. The molecule has 2 atom stereocenters. The van der Waals surface area contributed by atoms with E-state index in [1.54, 1.807) is 0 Å². The molecule has 0 bridgehead atoms. The van der Waals surface area contributed by atoms with Gasteiger partial charge in [-0.05, 0) is 50.8 Å². The van der Waals surface area contributed by atoms with E-state index in [0.717, 1.165) is 26.9 Å². The van der Waals surface area contributed by atoms with E-state index in [9.17, 15) is 27.6 Å². The van der Waals surface area contributed by atoms with Crippen LogP contribution in [0.5, 0.6) is 0 Å². The van der Waals surface area contributed by atoms with Crippen molar-refractivity contribution < 1.29 is 27.6 Å². The molecule has 1 amide bonds. The summed E-state index contributed by atoms with van der Waals surface area (Å²) in [6.07, 6.45) is -4.48. The molecule has 9 heteroatoms. The molecule has 2 aromatic rings. The molecule has 1 aromatic heterocycles. The fourth-order valence-electron chi connectivity index (χ4n) is 4.75. The Hall–Kier alpha value is -2.97. The van der Waals surface area contributed by atoms with Gasteiger partial charge in [0.05, 0.1) is 5.69 Å². The van der Waals surface area contributed by atoms with Crippen LogP contribution in [0.1, 0.15) is 62.8 Å². The van der Waals surface area contributed by atoms with Crippen LogP contribution in [-0.2, 0) is 22.8 Å². The molecule has 2 unspecified atom stereocenters.